The van der Waals surface area contributed by atoms with Crippen molar-refractivity contribution in [2.45, 2.75) is 26.3 Å². The Kier molecular flexibility index (Phi) is 5.73. The maximum atomic E-state index is 12.7. The summed E-state index contributed by atoms with van der Waals surface area (Å²) in [5.41, 5.74) is 3.72. The first-order chi connectivity index (χ1) is 13.4. The second kappa shape index (κ2) is 8.21. The van der Waals surface area contributed by atoms with Gasteiger partial charge in [0.25, 0.3) is 0 Å². The van der Waals surface area contributed by atoms with Crippen molar-refractivity contribution in [1.82, 2.24) is 5.32 Å². The largest absolute Gasteiger partial charge is 0.493 e. The standard InChI is InChI=1S/C21H25N3O4/c1-13-5-7-16(11-14(13)2)24-10-9-17(20(24)25)23-21(26)22-15-6-8-18(27-3)19(12-15)28-4/h5-8,11-12,17H,9-10H2,1-4H3,(H2,22,23,26)/t17-/m1/s1. The number of benzene rings is 2. The predicted octanol–water partition coefficient (Wildman–Crippen LogP) is 3.25. The quantitative estimate of drug-likeness (QED) is 0.831. The van der Waals surface area contributed by atoms with Crippen LogP contribution in [0.4, 0.5) is 16.2 Å². The lowest BCUT2D eigenvalue weighted by molar-refractivity contribution is -0.118. The van der Waals surface area contributed by atoms with Gasteiger partial charge in [-0.15, -0.1) is 0 Å². The zero-order valence-electron chi connectivity index (χ0n) is 16.5. The summed E-state index contributed by atoms with van der Waals surface area (Å²) in [6.07, 6.45) is 0.561. The Hall–Kier alpha value is -3.22. The van der Waals surface area contributed by atoms with E-state index in [1.54, 1.807) is 30.2 Å². The van der Waals surface area contributed by atoms with Crippen LogP contribution in [0.25, 0.3) is 0 Å². The minimum absolute atomic E-state index is 0.106. The van der Waals surface area contributed by atoms with Gasteiger partial charge in [0.15, 0.2) is 11.5 Å². The van der Waals surface area contributed by atoms with E-state index < -0.39 is 12.1 Å². The molecule has 1 aliphatic rings. The number of hydrogen-bond acceptors (Lipinski definition) is 4. The van der Waals surface area contributed by atoms with Crippen LogP contribution in [0, 0.1) is 13.8 Å². The third kappa shape index (κ3) is 4.03. The summed E-state index contributed by atoms with van der Waals surface area (Å²) < 4.78 is 10.4. The number of hydrogen-bond donors (Lipinski definition) is 2. The molecular formula is C21H25N3O4. The van der Waals surface area contributed by atoms with Gasteiger partial charge in [0, 0.05) is 24.0 Å². The highest BCUT2D eigenvalue weighted by molar-refractivity contribution is 6.02. The van der Waals surface area contributed by atoms with Gasteiger partial charge >= 0.3 is 6.03 Å². The Morgan fingerprint density at radius 2 is 1.79 bits per heavy atom. The molecule has 3 amide bonds. The van der Waals surface area contributed by atoms with Gasteiger partial charge in [0.2, 0.25) is 5.91 Å². The topological polar surface area (TPSA) is 79.9 Å². The molecule has 148 valence electrons. The monoisotopic (exact) mass is 383 g/mol. The number of anilines is 2. The highest BCUT2D eigenvalue weighted by atomic mass is 16.5. The average Bonchev–Trinajstić information content (AvgIpc) is 3.04. The van der Waals surface area contributed by atoms with Crippen molar-refractivity contribution in [3.63, 3.8) is 0 Å². The molecule has 0 aromatic heterocycles. The Balaban J connectivity index is 1.63. The lowest BCUT2D eigenvalue weighted by Gasteiger charge is -2.18. The Morgan fingerprint density at radius 1 is 1.04 bits per heavy atom. The number of aryl methyl sites for hydroxylation is 2. The van der Waals surface area contributed by atoms with Gasteiger partial charge < -0.3 is 25.0 Å². The van der Waals surface area contributed by atoms with Crippen LogP contribution < -0.4 is 25.0 Å². The molecule has 7 heteroatoms. The van der Waals surface area contributed by atoms with E-state index in [0.29, 0.717) is 30.2 Å². The third-order valence-electron chi connectivity index (χ3n) is 4.95. The first-order valence-corrected chi connectivity index (χ1v) is 9.11. The molecule has 0 radical (unpaired) electrons. The minimum atomic E-state index is -0.554. The van der Waals surface area contributed by atoms with Crippen LogP contribution in [0.15, 0.2) is 36.4 Å². The molecule has 3 rings (SSSR count). The van der Waals surface area contributed by atoms with E-state index in [1.807, 2.05) is 32.0 Å². The summed E-state index contributed by atoms with van der Waals surface area (Å²) in [7, 11) is 3.07. The zero-order valence-corrected chi connectivity index (χ0v) is 16.5. The summed E-state index contributed by atoms with van der Waals surface area (Å²) in [6, 6.07) is 10.0. The molecule has 1 aliphatic heterocycles. The summed E-state index contributed by atoms with van der Waals surface area (Å²) in [4.78, 5) is 26.8. The number of carbonyl (C=O) groups is 2. The van der Waals surface area contributed by atoms with Crippen LogP contribution in [0.3, 0.4) is 0 Å². The summed E-state index contributed by atoms with van der Waals surface area (Å²) in [5.74, 6) is 0.979. The molecule has 7 nitrogen and oxygen atoms in total. The van der Waals surface area contributed by atoms with Crippen molar-refractivity contribution in [2.75, 3.05) is 31.0 Å². The van der Waals surface area contributed by atoms with Crippen molar-refractivity contribution >= 4 is 23.3 Å². The molecule has 2 aromatic rings. The number of nitrogens with zero attached hydrogens (tertiary/aromatic N) is 1. The fraction of sp³-hybridized carbons (Fsp3) is 0.333. The highest BCUT2D eigenvalue weighted by Crippen LogP contribution is 2.30. The number of nitrogens with one attached hydrogen (secondary N) is 2. The summed E-state index contributed by atoms with van der Waals surface area (Å²) >= 11 is 0. The lowest BCUT2D eigenvalue weighted by atomic mass is 10.1. The molecule has 28 heavy (non-hydrogen) atoms. The van der Waals surface area contributed by atoms with E-state index in [9.17, 15) is 9.59 Å². The fourth-order valence-electron chi connectivity index (χ4n) is 3.20. The lowest BCUT2D eigenvalue weighted by Crippen LogP contribution is -2.43. The predicted molar refractivity (Wildman–Crippen MR) is 108 cm³/mol. The second-order valence-electron chi connectivity index (χ2n) is 6.77. The number of amides is 3. The Labute approximate surface area is 164 Å². The van der Waals surface area contributed by atoms with Crippen molar-refractivity contribution in [1.29, 1.82) is 0 Å². The van der Waals surface area contributed by atoms with Gasteiger partial charge in [-0.05, 0) is 55.7 Å². The van der Waals surface area contributed by atoms with E-state index in [-0.39, 0.29) is 5.91 Å². The normalized spacial score (nSPS) is 16.1. The van der Waals surface area contributed by atoms with Gasteiger partial charge in [-0.25, -0.2) is 4.79 Å². The van der Waals surface area contributed by atoms with E-state index in [0.717, 1.165) is 11.3 Å². The number of urea groups is 1. The van der Waals surface area contributed by atoms with Gasteiger partial charge in [-0.2, -0.15) is 0 Å². The van der Waals surface area contributed by atoms with Crippen molar-refractivity contribution in [2.24, 2.45) is 0 Å². The van der Waals surface area contributed by atoms with E-state index in [2.05, 4.69) is 10.6 Å². The van der Waals surface area contributed by atoms with Gasteiger partial charge in [-0.1, -0.05) is 6.07 Å². The van der Waals surface area contributed by atoms with Crippen LogP contribution in [0.2, 0.25) is 0 Å². The molecule has 0 saturated carbocycles. The van der Waals surface area contributed by atoms with Crippen LogP contribution >= 0.6 is 0 Å². The molecule has 0 bridgehead atoms. The van der Waals surface area contributed by atoms with Crippen LogP contribution in [-0.2, 0) is 4.79 Å². The molecule has 1 fully saturated rings. The van der Waals surface area contributed by atoms with Gasteiger partial charge in [0.1, 0.15) is 6.04 Å². The van der Waals surface area contributed by atoms with E-state index in [1.165, 1.54) is 12.7 Å². The maximum Gasteiger partial charge on any atom is 0.319 e. The second-order valence-corrected chi connectivity index (χ2v) is 6.77. The molecule has 0 spiro atoms. The molecule has 1 atom stereocenters. The first-order valence-electron chi connectivity index (χ1n) is 9.11. The fourth-order valence-corrected chi connectivity index (χ4v) is 3.20. The third-order valence-corrected chi connectivity index (χ3v) is 4.95. The summed E-state index contributed by atoms with van der Waals surface area (Å²) in [6.45, 7) is 4.63. The Morgan fingerprint density at radius 3 is 2.46 bits per heavy atom. The number of rotatable bonds is 5. The van der Waals surface area contributed by atoms with Crippen LogP contribution in [-0.4, -0.2) is 38.7 Å². The Bertz CT molecular complexity index is 897. The number of methoxy groups -OCH3 is 2. The molecule has 2 aromatic carbocycles. The first kappa shape index (κ1) is 19.5. The molecular weight excluding hydrogens is 358 g/mol. The molecule has 0 aliphatic carbocycles. The van der Waals surface area contributed by atoms with Crippen LogP contribution in [0.1, 0.15) is 17.5 Å². The number of carbonyl (C=O) groups excluding carboxylic acids is 2. The number of ether oxygens (including phenoxy) is 2. The smallest absolute Gasteiger partial charge is 0.319 e. The SMILES string of the molecule is COc1ccc(NC(=O)N[C@@H]2CCN(c3ccc(C)c(C)c3)C2=O)cc1OC. The van der Waals surface area contributed by atoms with Crippen LogP contribution in [0.5, 0.6) is 11.5 Å². The molecule has 0 unspecified atom stereocenters. The minimum Gasteiger partial charge on any atom is -0.493 e. The van der Waals surface area contributed by atoms with Gasteiger partial charge in [-0.3, -0.25) is 4.79 Å². The van der Waals surface area contributed by atoms with E-state index in [4.69, 9.17) is 9.47 Å². The highest BCUT2D eigenvalue weighted by Gasteiger charge is 2.33. The van der Waals surface area contributed by atoms with E-state index >= 15 is 0 Å². The van der Waals surface area contributed by atoms with Crippen molar-refractivity contribution < 1.29 is 19.1 Å². The average molecular weight is 383 g/mol. The molecule has 1 heterocycles. The van der Waals surface area contributed by atoms with Crippen molar-refractivity contribution in [3.8, 4) is 11.5 Å². The molecule has 2 N–H and O–H groups in total. The van der Waals surface area contributed by atoms with Crippen molar-refractivity contribution in [3.05, 3.63) is 47.5 Å². The van der Waals surface area contributed by atoms with Gasteiger partial charge in [0.05, 0.1) is 14.2 Å². The maximum absolute atomic E-state index is 12.7. The zero-order chi connectivity index (χ0) is 20.3. The molecule has 1 saturated heterocycles. The summed E-state index contributed by atoms with van der Waals surface area (Å²) in [5, 5.41) is 5.49.